The highest BCUT2D eigenvalue weighted by atomic mass is 16.3. The zero-order chi connectivity index (χ0) is 10.2. The van der Waals surface area contributed by atoms with E-state index in [9.17, 15) is 5.11 Å². The van der Waals surface area contributed by atoms with Gasteiger partial charge < -0.3 is 10.0 Å². The largest absolute Gasteiger partial charge is 0.396 e. The van der Waals surface area contributed by atoms with Crippen molar-refractivity contribution >= 4 is 0 Å². The Morgan fingerprint density at radius 2 is 1.79 bits per heavy atom. The molecule has 0 amide bonds. The van der Waals surface area contributed by atoms with Crippen molar-refractivity contribution in [1.82, 2.24) is 4.90 Å². The number of aliphatic hydroxyl groups excluding tert-OH is 1. The minimum absolute atomic E-state index is 0.177. The lowest BCUT2D eigenvalue weighted by Gasteiger charge is -2.45. The quantitative estimate of drug-likeness (QED) is 0.727. The fourth-order valence-corrected chi connectivity index (χ4v) is 2.73. The molecule has 0 atom stereocenters. The summed E-state index contributed by atoms with van der Waals surface area (Å²) >= 11 is 0. The molecule has 0 aromatic carbocycles. The van der Waals surface area contributed by atoms with E-state index in [4.69, 9.17) is 0 Å². The topological polar surface area (TPSA) is 23.5 Å². The Bertz CT molecular complexity index is 190. The van der Waals surface area contributed by atoms with E-state index in [-0.39, 0.29) is 5.41 Å². The zero-order valence-electron chi connectivity index (χ0n) is 9.55. The summed E-state index contributed by atoms with van der Waals surface area (Å²) in [5, 5.41) is 9.46. The molecule has 1 N–H and O–H groups in total. The van der Waals surface area contributed by atoms with Crippen molar-refractivity contribution in [2.24, 2.45) is 10.8 Å². The normalized spacial score (nSPS) is 25.1. The third-order valence-electron chi connectivity index (χ3n) is 4.47. The molecule has 2 aliphatic rings. The molecule has 0 aromatic heterocycles. The lowest BCUT2D eigenvalue weighted by molar-refractivity contribution is 0.00206. The van der Waals surface area contributed by atoms with Crippen LogP contribution in [0.3, 0.4) is 0 Å². The Morgan fingerprint density at radius 3 is 2.14 bits per heavy atom. The minimum Gasteiger partial charge on any atom is -0.396 e. The van der Waals surface area contributed by atoms with Gasteiger partial charge in [-0.15, -0.1) is 0 Å². The van der Waals surface area contributed by atoms with Crippen LogP contribution in [0.4, 0.5) is 0 Å². The van der Waals surface area contributed by atoms with Gasteiger partial charge in [0.05, 0.1) is 0 Å². The summed E-state index contributed by atoms with van der Waals surface area (Å²) in [6.07, 6.45) is 5.11. The van der Waals surface area contributed by atoms with Gasteiger partial charge in [-0.25, -0.2) is 0 Å². The molecule has 82 valence electrons. The van der Waals surface area contributed by atoms with E-state index in [0.29, 0.717) is 6.61 Å². The highest BCUT2D eigenvalue weighted by Gasteiger charge is 2.52. The Hall–Kier alpha value is -0.0800. The molecule has 1 aliphatic heterocycles. The van der Waals surface area contributed by atoms with Crippen LogP contribution in [0.1, 0.15) is 39.5 Å². The van der Waals surface area contributed by atoms with Crippen LogP contribution in [0.15, 0.2) is 0 Å². The molecule has 1 saturated carbocycles. The first kappa shape index (κ1) is 10.4. The molecule has 2 nitrogen and oxygen atoms in total. The average molecular weight is 197 g/mol. The molecule has 1 aliphatic carbocycles. The Balaban J connectivity index is 1.82. The van der Waals surface area contributed by atoms with Gasteiger partial charge in [-0.2, -0.15) is 0 Å². The maximum atomic E-state index is 9.46. The second-order valence-corrected chi connectivity index (χ2v) is 5.51. The molecule has 2 heteroatoms. The first-order chi connectivity index (χ1) is 6.67. The summed E-state index contributed by atoms with van der Waals surface area (Å²) in [5.74, 6) is 0. The lowest BCUT2D eigenvalue weighted by Crippen LogP contribution is -2.53. The number of aliphatic hydroxyl groups is 1. The Morgan fingerprint density at radius 1 is 1.21 bits per heavy atom. The molecule has 2 fully saturated rings. The molecule has 1 saturated heterocycles. The SMILES string of the molecule is CCC(CC)(CO)CN1CC2(CC2)C1. The number of nitrogens with zero attached hydrogens (tertiary/aromatic N) is 1. The molecule has 0 bridgehead atoms. The molecule has 1 spiro atoms. The number of hydrogen-bond donors (Lipinski definition) is 1. The van der Waals surface area contributed by atoms with Crippen LogP contribution >= 0.6 is 0 Å². The van der Waals surface area contributed by atoms with E-state index in [1.165, 1.54) is 25.9 Å². The molecule has 14 heavy (non-hydrogen) atoms. The summed E-state index contributed by atoms with van der Waals surface area (Å²) in [7, 11) is 0. The van der Waals surface area contributed by atoms with Gasteiger partial charge in [0.25, 0.3) is 0 Å². The highest BCUT2D eigenvalue weighted by Crippen LogP contribution is 2.53. The molecular weight excluding hydrogens is 174 g/mol. The predicted octanol–water partition coefficient (Wildman–Crippen LogP) is 1.88. The van der Waals surface area contributed by atoms with Crippen molar-refractivity contribution < 1.29 is 5.11 Å². The van der Waals surface area contributed by atoms with Crippen LogP contribution in [0.25, 0.3) is 0 Å². The van der Waals surface area contributed by atoms with Crippen molar-refractivity contribution in [2.75, 3.05) is 26.2 Å². The van der Waals surface area contributed by atoms with Gasteiger partial charge in [-0.05, 0) is 31.1 Å². The monoisotopic (exact) mass is 197 g/mol. The molecule has 1 heterocycles. The number of rotatable bonds is 5. The van der Waals surface area contributed by atoms with Gasteiger partial charge in [0, 0.05) is 31.7 Å². The summed E-state index contributed by atoms with van der Waals surface area (Å²) in [5.41, 5.74) is 0.930. The zero-order valence-corrected chi connectivity index (χ0v) is 9.55. The van der Waals surface area contributed by atoms with E-state index in [2.05, 4.69) is 18.7 Å². The number of hydrogen-bond acceptors (Lipinski definition) is 2. The van der Waals surface area contributed by atoms with E-state index in [0.717, 1.165) is 24.8 Å². The predicted molar refractivity (Wildman–Crippen MR) is 58.2 cm³/mol. The van der Waals surface area contributed by atoms with Gasteiger partial charge in [0.15, 0.2) is 0 Å². The van der Waals surface area contributed by atoms with Crippen molar-refractivity contribution in [3.63, 3.8) is 0 Å². The fraction of sp³-hybridized carbons (Fsp3) is 1.00. The van der Waals surface area contributed by atoms with Crippen LogP contribution in [-0.2, 0) is 0 Å². The first-order valence-corrected chi connectivity index (χ1v) is 6.01. The fourth-order valence-electron chi connectivity index (χ4n) is 2.73. The summed E-state index contributed by atoms with van der Waals surface area (Å²) in [6.45, 7) is 8.46. The smallest absolute Gasteiger partial charge is 0.0499 e. The van der Waals surface area contributed by atoms with Crippen LogP contribution < -0.4 is 0 Å². The second-order valence-electron chi connectivity index (χ2n) is 5.51. The molecule has 0 aromatic rings. The van der Waals surface area contributed by atoms with Gasteiger partial charge in [0.2, 0.25) is 0 Å². The Kier molecular flexibility index (Phi) is 2.61. The highest BCUT2D eigenvalue weighted by molar-refractivity contribution is 5.06. The van der Waals surface area contributed by atoms with Gasteiger partial charge in [-0.1, -0.05) is 13.8 Å². The first-order valence-electron chi connectivity index (χ1n) is 6.01. The number of likely N-dealkylation sites (tertiary alicyclic amines) is 1. The third-order valence-corrected chi connectivity index (χ3v) is 4.47. The Labute approximate surface area is 87.3 Å². The maximum Gasteiger partial charge on any atom is 0.0499 e. The van der Waals surface area contributed by atoms with Crippen LogP contribution in [-0.4, -0.2) is 36.2 Å². The average Bonchev–Trinajstić information content (AvgIpc) is 2.93. The van der Waals surface area contributed by atoms with Gasteiger partial charge >= 0.3 is 0 Å². The minimum atomic E-state index is 0.177. The molecular formula is C12H23NO. The summed E-state index contributed by atoms with van der Waals surface area (Å²) in [4.78, 5) is 2.54. The van der Waals surface area contributed by atoms with Gasteiger partial charge in [0.1, 0.15) is 0 Å². The third kappa shape index (κ3) is 1.70. The van der Waals surface area contributed by atoms with Crippen molar-refractivity contribution in [3.05, 3.63) is 0 Å². The van der Waals surface area contributed by atoms with Crippen molar-refractivity contribution in [3.8, 4) is 0 Å². The van der Waals surface area contributed by atoms with Crippen molar-refractivity contribution in [2.45, 2.75) is 39.5 Å². The molecule has 0 unspecified atom stereocenters. The van der Waals surface area contributed by atoms with Gasteiger partial charge in [-0.3, -0.25) is 0 Å². The van der Waals surface area contributed by atoms with E-state index < -0.39 is 0 Å². The van der Waals surface area contributed by atoms with Crippen LogP contribution in [0, 0.1) is 10.8 Å². The second kappa shape index (κ2) is 3.49. The molecule has 0 radical (unpaired) electrons. The maximum absolute atomic E-state index is 9.46. The van der Waals surface area contributed by atoms with Crippen molar-refractivity contribution in [1.29, 1.82) is 0 Å². The summed E-state index contributed by atoms with van der Waals surface area (Å²) in [6, 6.07) is 0. The van der Waals surface area contributed by atoms with E-state index in [1.54, 1.807) is 0 Å². The van der Waals surface area contributed by atoms with Crippen LogP contribution in [0.2, 0.25) is 0 Å². The van der Waals surface area contributed by atoms with E-state index in [1.807, 2.05) is 0 Å². The van der Waals surface area contributed by atoms with E-state index >= 15 is 0 Å². The van der Waals surface area contributed by atoms with Crippen LogP contribution in [0.5, 0.6) is 0 Å². The lowest BCUT2D eigenvalue weighted by atomic mass is 9.81. The standard InChI is InChI=1S/C12H23NO/c1-3-11(4-2,10-14)7-13-8-12(9-13)5-6-12/h14H,3-10H2,1-2H3. The summed E-state index contributed by atoms with van der Waals surface area (Å²) < 4.78 is 0. The molecule has 2 rings (SSSR count).